The zero-order valence-corrected chi connectivity index (χ0v) is 34.3. The first-order chi connectivity index (χ1) is 25.8. The van der Waals surface area contributed by atoms with Crippen LogP contribution in [0.4, 0.5) is 0 Å². The molecule has 3 heteroatoms. The van der Waals surface area contributed by atoms with Crippen LogP contribution in [0.2, 0.25) is 0 Å². The lowest BCUT2D eigenvalue weighted by molar-refractivity contribution is -0.0903. The largest absolute Gasteiger partial charge is 0.374 e. The molecule has 0 radical (unpaired) electrons. The third kappa shape index (κ3) is 5.70. The number of fused-ring (bicyclic) bond motifs is 10. The van der Waals surface area contributed by atoms with Crippen LogP contribution in [-0.2, 0) is 4.74 Å². The van der Waals surface area contributed by atoms with Gasteiger partial charge < -0.3 is 4.74 Å². The zero-order valence-electron chi connectivity index (χ0n) is 33.5. The van der Waals surface area contributed by atoms with Gasteiger partial charge >= 0.3 is 0 Å². The monoisotopic (exact) mass is 730 g/mol. The molecule has 9 saturated carbocycles. The highest BCUT2D eigenvalue weighted by atomic mass is 32.2. The highest BCUT2D eigenvalue weighted by Gasteiger charge is 2.67. The normalized spacial score (nSPS) is 49.8. The van der Waals surface area contributed by atoms with Crippen molar-refractivity contribution in [1.82, 2.24) is 4.90 Å². The quantitative estimate of drug-likeness (QED) is 0.280. The van der Waals surface area contributed by atoms with Crippen LogP contribution in [0.25, 0.3) is 0 Å². The average molecular weight is 730 g/mol. The van der Waals surface area contributed by atoms with Gasteiger partial charge in [0, 0.05) is 34.5 Å². The molecule has 14 atom stereocenters. The predicted octanol–water partition coefficient (Wildman–Crippen LogP) is 13.0. The van der Waals surface area contributed by atoms with E-state index in [1.807, 2.05) is 0 Å². The Morgan fingerprint density at radius 3 is 1.77 bits per heavy atom. The Bertz CT molecular complexity index is 1200. The molecule has 0 aromatic carbocycles. The van der Waals surface area contributed by atoms with Crippen LogP contribution in [-0.4, -0.2) is 45.7 Å². The molecule has 9 aliphatic carbocycles. The third-order valence-electron chi connectivity index (χ3n) is 20.3. The molecule has 52 heavy (non-hydrogen) atoms. The van der Waals surface area contributed by atoms with E-state index < -0.39 is 0 Å². The van der Waals surface area contributed by atoms with E-state index in [2.05, 4.69) is 16.7 Å². The average Bonchev–Trinajstić information content (AvgIpc) is 3.88. The first-order valence-corrected chi connectivity index (χ1v) is 25.8. The van der Waals surface area contributed by atoms with Crippen molar-refractivity contribution in [2.45, 2.75) is 240 Å². The summed E-state index contributed by atoms with van der Waals surface area (Å²) in [5, 5.41) is 1.85. The minimum Gasteiger partial charge on any atom is -0.374 e. The first-order valence-electron chi connectivity index (χ1n) is 24.9. The molecule has 0 aromatic heterocycles. The van der Waals surface area contributed by atoms with Crippen molar-refractivity contribution in [3.05, 3.63) is 0 Å². The molecule has 0 N–H and O–H groups in total. The van der Waals surface area contributed by atoms with E-state index in [0.717, 1.165) is 87.8 Å². The van der Waals surface area contributed by atoms with Gasteiger partial charge in [0.15, 0.2) is 0 Å². The molecule has 0 bridgehead atoms. The SMILES string of the molecule is C1CCC(N(C2CCC3C4CCCCC4C(C4CCCCC4)(C4CCCCC4)C3C2)C2CCCC3C4CCC5OC6CCCCC6C5C4SC32)CC1. The van der Waals surface area contributed by atoms with Crippen molar-refractivity contribution in [3.8, 4) is 0 Å². The summed E-state index contributed by atoms with van der Waals surface area (Å²) in [6, 6.07) is 2.67. The first kappa shape index (κ1) is 35.4. The molecule has 0 aromatic rings. The lowest BCUT2D eigenvalue weighted by atomic mass is 9.48. The van der Waals surface area contributed by atoms with Crippen molar-refractivity contribution >= 4 is 11.8 Å². The van der Waals surface area contributed by atoms with Crippen molar-refractivity contribution in [2.24, 2.45) is 64.6 Å². The van der Waals surface area contributed by atoms with E-state index in [1.165, 1.54) is 96.3 Å². The molecule has 0 spiro atoms. The Labute approximate surface area is 324 Å². The van der Waals surface area contributed by atoms with Crippen molar-refractivity contribution < 1.29 is 4.74 Å². The standard InChI is InChI=1S/C49H79NOS/c1-4-15-32(16-5-1)49(33-17-6-2-7-18-33)41-24-12-10-21-36(41)37-28-27-35(31-42(37)49)50(34-19-8-3-9-20-34)43-25-14-23-38-39-29-30-45-46(48(39)52-47(38)43)40-22-11-13-26-44(40)51-45/h32-48H,1-31H2. The lowest BCUT2D eigenvalue weighted by Gasteiger charge is -2.58. The summed E-state index contributed by atoms with van der Waals surface area (Å²) in [5.74, 6) is 10.3. The lowest BCUT2D eigenvalue weighted by Crippen LogP contribution is -2.58. The van der Waals surface area contributed by atoms with E-state index in [1.54, 1.807) is 103 Å². The molecule has 2 saturated heterocycles. The number of hydrogen-bond acceptors (Lipinski definition) is 3. The summed E-state index contributed by atoms with van der Waals surface area (Å²) in [5.41, 5.74) is 0.716. The van der Waals surface area contributed by atoms with Gasteiger partial charge in [-0.05, 0) is 168 Å². The van der Waals surface area contributed by atoms with Gasteiger partial charge in [-0.25, -0.2) is 0 Å². The number of rotatable bonds is 5. The van der Waals surface area contributed by atoms with Gasteiger partial charge in [0.05, 0.1) is 12.2 Å². The predicted molar refractivity (Wildman–Crippen MR) is 217 cm³/mol. The van der Waals surface area contributed by atoms with Gasteiger partial charge in [-0.15, -0.1) is 0 Å². The highest BCUT2D eigenvalue weighted by molar-refractivity contribution is 8.00. The minimum atomic E-state index is 0.615. The smallest absolute Gasteiger partial charge is 0.0621 e. The topological polar surface area (TPSA) is 12.5 Å². The molecule has 14 unspecified atom stereocenters. The van der Waals surface area contributed by atoms with E-state index in [9.17, 15) is 0 Å². The fourth-order valence-electron chi connectivity index (χ4n) is 18.9. The molecule has 0 amide bonds. The van der Waals surface area contributed by atoms with Crippen molar-refractivity contribution in [3.63, 3.8) is 0 Å². The molecule has 11 rings (SSSR count). The molecular weight excluding hydrogens is 651 g/mol. The number of hydrogen-bond donors (Lipinski definition) is 0. The van der Waals surface area contributed by atoms with Crippen LogP contribution in [0.5, 0.6) is 0 Å². The second-order valence-electron chi connectivity index (χ2n) is 21.9. The number of ether oxygens (including phenoxy) is 1. The van der Waals surface area contributed by atoms with Crippen LogP contribution in [0, 0.1) is 64.6 Å². The van der Waals surface area contributed by atoms with Crippen molar-refractivity contribution in [1.29, 1.82) is 0 Å². The molecule has 11 aliphatic rings. The molecule has 2 aliphatic heterocycles. The van der Waals surface area contributed by atoms with Gasteiger partial charge in [-0.2, -0.15) is 11.8 Å². The van der Waals surface area contributed by atoms with Gasteiger partial charge in [0.1, 0.15) is 0 Å². The Kier molecular flexibility index (Phi) is 10.1. The van der Waals surface area contributed by atoms with Crippen LogP contribution in [0.3, 0.4) is 0 Å². The molecule has 2 nitrogen and oxygen atoms in total. The third-order valence-corrected chi connectivity index (χ3v) is 22.2. The Morgan fingerprint density at radius 2 is 1.00 bits per heavy atom. The number of thioether (sulfide) groups is 1. The molecule has 292 valence electrons. The summed E-state index contributed by atoms with van der Waals surface area (Å²) in [7, 11) is 0. The van der Waals surface area contributed by atoms with E-state index in [-0.39, 0.29) is 0 Å². The second kappa shape index (κ2) is 14.9. The van der Waals surface area contributed by atoms with E-state index in [4.69, 9.17) is 4.74 Å². The van der Waals surface area contributed by atoms with Gasteiger partial charge in [0.25, 0.3) is 0 Å². The molecular formula is C49H79NOS. The Morgan fingerprint density at radius 1 is 0.404 bits per heavy atom. The van der Waals surface area contributed by atoms with E-state index >= 15 is 0 Å². The number of nitrogens with zero attached hydrogens (tertiary/aromatic N) is 1. The molecule has 11 fully saturated rings. The van der Waals surface area contributed by atoms with Crippen LogP contribution >= 0.6 is 11.8 Å². The summed E-state index contributed by atoms with van der Waals surface area (Å²) in [4.78, 5) is 3.50. The summed E-state index contributed by atoms with van der Waals surface area (Å²) in [6.45, 7) is 0. The maximum atomic E-state index is 6.97. The summed E-state index contributed by atoms with van der Waals surface area (Å²) in [6.07, 6.45) is 49.1. The fraction of sp³-hybridized carbons (Fsp3) is 1.00. The second-order valence-corrected chi connectivity index (χ2v) is 23.3. The van der Waals surface area contributed by atoms with Gasteiger partial charge in [-0.1, -0.05) is 89.9 Å². The Hall–Kier alpha value is 0.270. The maximum Gasteiger partial charge on any atom is 0.0621 e. The Balaban J connectivity index is 0.934. The highest BCUT2D eigenvalue weighted by Crippen LogP contribution is 2.72. The van der Waals surface area contributed by atoms with Crippen LogP contribution in [0.15, 0.2) is 0 Å². The minimum absolute atomic E-state index is 0.615. The summed E-state index contributed by atoms with van der Waals surface area (Å²) < 4.78 is 6.97. The van der Waals surface area contributed by atoms with Crippen molar-refractivity contribution in [2.75, 3.05) is 0 Å². The molecule has 2 heterocycles. The van der Waals surface area contributed by atoms with Gasteiger partial charge in [-0.3, -0.25) is 4.90 Å². The maximum absolute atomic E-state index is 6.97. The summed E-state index contributed by atoms with van der Waals surface area (Å²) >= 11 is 2.63. The van der Waals surface area contributed by atoms with Crippen LogP contribution < -0.4 is 0 Å². The van der Waals surface area contributed by atoms with Gasteiger partial charge in [0.2, 0.25) is 0 Å². The zero-order chi connectivity index (χ0) is 34.2. The van der Waals surface area contributed by atoms with E-state index in [0.29, 0.717) is 17.6 Å². The fourth-order valence-corrected chi connectivity index (χ4v) is 21.3. The van der Waals surface area contributed by atoms with Crippen LogP contribution in [0.1, 0.15) is 199 Å².